The number of hydrazine groups is 1. The highest BCUT2D eigenvalue weighted by molar-refractivity contribution is 7.92. The van der Waals surface area contributed by atoms with Gasteiger partial charge in [0.25, 0.3) is 15.9 Å². The molecule has 0 saturated carbocycles. The van der Waals surface area contributed by atoms with Crippen molar-refractivity contribution in [1.29, 1.82) is 0 Å². The molecule has 9 nitrogen and oxygen atoms in total. The van der Waals surface area contributed by atoms with Crippen molar-refractivity contribution < 1.29 is 18.2 Å². The van der Waals surface area contributed by atoms with Gasteiger partial charge in [-0.3, -0.25) is 9.73 Å². The van der Waals surface area contributed by atoms with Gasteiger partial charge in [0.15, 0.2) is 0 Å². The molecule has 0 bridgehead atoms. The average molecular weight is 417 g/mol. The normalized spacial score (nSPS) is 12.4. The Hall–Kier alpha value is -3.08. The zero-order valence-electron chi connectivity index (χ0n) is 16.3. The highest BCUT2D eigenvalue weighted by Gasteiger charge is 2.23. The molecule has 0 unspecified atom stereocenters. The van der Waals surface area contributed by atoms with Crippen LogP contribution in [0.5, 0.6) is 0 Å². The molecule has 0 radical (unpaired) electrons. The Morgan fingerprint density at radius 1 is 1.07 bits per heavy atom. The lowest BCUT2D eigenvalue weighted by Gasteiger charge is -2.21. The highest BCUT2D eigenvalue weighted by Crippen LogP contribution is 2.26. The first-order valence-corrected chi connectivity index (χ1v) is 9.99. The zero-order valence-corrected chi connectivity index (χ0v) is 17.1. The van der Waals surface area contributed by atoms with Crippen molar-refractivity contribution in [2.75, 3.05) is 4.41 Å². The summed E-state index contributed by atoms with van der Waals surface area (Å²) in [6.07, 6.45) is 2.63. The Morgan fingerprint density at radius 3 is 2.17 bits per heavy atom. The molecule has 2 aromatic carbocycles. The van der Waals surface area contributed by atoms with E-state index in [1.807, 2.05) is 20.8 Å². The molecule has 2 aromatic rings. The van der Waals surface area contributed by atoms with E-state index in [0.29, 0.717) is 9.98 Å². The Bertz CT molecular complexity index is 1010. The van der Waals surface area contributed by atoms with Crippen LogP contribution >= 0.6 is 0 Å². The Balaban J connectivity index is 2.18. The number of anilines is 1. The summed E-state index contributed by atoms with van der Waals surface area (Å²) in [6.45, 7) is 6.14. The van der Waals surface area contributed by atoms with E-state index in [9.17, 15) is 13.2 Å². The molecule has 0 fully saturated rings. The van der Waals surface area contributed by atoms with E-state index in [1.165, 1.54) is 30.3 Å². The van der Waals surface area contributed by atoms with Crippen molar-refractivity contribution in [1.82, 2.24) is 0 Å². The van der Waals surface area contributed by atoms with Gasteiger partial charge in [-0.25, -0.2) is 10.3 Å². The first kappa shape index (κ1) is 22.2. The lowest BCUT2D eigenvalue weighted by molar-refractivity contribution is -0.114. The van der Waals surface area contributed by atoms with E-state index in [1.54, 1.807) is 24.3 Å². The summed E-state index contributed by atoms with van der Waals surface area (Å²) in [5.74, 6) is 9.84. The summed E-state index contributed by atoms with van der Waals surface area (Å²) in [7, 11) is -3.92. The number of carbonyl (C=O) groups excluding carboxylic acids is 1. The fraction of sp³-hybridized carbons (Fsp3) is 0.211. The minimum atomic E-state index is -3.92. The summed E-state index contributed by atoms with van der Waals surface area (Å²) in [5.41, 5.74) is 1.83. The topological polar surface area (TPSA) is 140 Å². The predicted octanol–water partition coefficient (Wildman–Crippen LogP) is 2.85. The van der Waals surface area contributed by atoms with E-state index < -0.39 is 15.9 Å². The molecule has 0 aromatic heterocycles. The van der Waals surface area contributed by atoms with E-state index in [-0.39, 0.29) is 16.0 Å². The number of sulfonamides is 1. The minimum Gasteiger partial charge on any atom is -0.282 e. The third kappa shape index (κ3) is 5.70. The Morgan fingerprint density at radius 2 is 1.66 bits per heavy atom. The van der Waals surface area contributed by atoms with Crippen LogP contribution in [0, 0.1) is 0 Å². The molecular formula is C19H23N5O4S. The molecule has 4 N–H and O–H groups in total. The van der Waals surface area contributed by atoms with Crippen LogP contribution < -0.4 is 16.2 Å². The van der Waals surface area contributed by atoms with Crippen LogP contribution in [0.3, 0.4) is 0 Å². The SMILES string of the molecule is CC(C)(C)c1ccc(S(=O)(=O)N(N)c2ccc(/C=C/C(=O)N=NON)cc2)cc1. The summed E-state index contributed by atoms with van der Waals surface area (Å²) in [6, 6.07) is 12.9. The van der Waals surface area contributed by atoms with E-state index >= 15 is 0 Å². The number of carbonyl (C=O) groups is 1. The standard InChI is InChI=1S/C19H23N5O4S/c1-19(2,3)15-7-11-17(12-8-15)29(26,27)24(20)16-9-4-14(5-10-16)6-13-18(25)22-23-28-21/h4-13H,20-21H2,1-3H3/b13-6+,23-22?. The Labute approximate surface area is 169 Å². The number of amides is 1. The van der Waals surface area contributed by atoms with Crippen molar-refractivity contribution >= 4 is 27.7 Å². The van der Waals surface area contributed by atoms with Gasteiger partial charge >= 0.3 is 0 Å². The zero-order chi connectivity index (χ0) is 21.7. The molecule has 29 heavy (non-hydrogen) atoms. The van der Waals surface area contributed by atoms with Gasteiger partial charge in [0.1, 0.15) is 0 Å². The predicted molar refractivity (Wildman–Crippen MR) is 110 cm³/mol. The van der Waals surface area contributed by atoms with Gasteiger partial charge in [-0.15, -0.1) is 5.90 Å². The van der Waals surface area contributed by atoms with Crippen LogP contribution in [-0.2, 0) is 25.2 Å². The molecular weight excluding hydrogens is 394 g/mol. The summed E-state index contributed by atoms with van der Waals surface area (Å²) in [4.78, 5) is 15.3. The molecule has 0 saturated heterocycles. The number of benzene rings is 2. The third-order valence-electron chi connectivity index (χ3n) is 4.03. The number of hydrogen-bond acceptors (Lipinski definition) is 7. The quantitative estimate of drug-likeness (QED) is 0.320. The summed E-state index contributed by atoms with van der Waals surface area (Å²) < 4.78 is 26.3. The second-order valence-electron chi connectivity index (χ2n) is 7.13. The molecule has 0 aliphatic carbocycles. The minimum absolute atomic E-state index is 0.0891. The van der Waals surface area contributed by atoms with Gasteiger partial charge < -0.3 is 0 Å². The number of nitrogens with two attached hydrogens (primary N) is 2. The number of hydrogen-bond donors (Lipinski definition) is 2. The molecule has 1 amide bonds. The highest BCUT2D eigenvalue weighted by atomic mass is 32.2. The largest absolute Gasteiger partial charge is 0.291 e. The first-order chi connectivity index (χ1) is 13.6. The van der Waals surface area contributed by atoms with Gasteiger partial charge in [-0.2, -0.15) is 8.42 Å². The lowest BCUT2D eigenvalue weighted by atomic mass is 9.87. The molecule has 0 aliphatic heterocycles. The van der Waals surface area contributed by atoms with Crippen molar-refractivity contribution in [3.63, 3.8) is 0 Å². The van der Waals surface area contributed by atoms with Crippen LogP contribution in [0.25, 0.3) is 6.08 Å². The fourth-order valence-corrected chi connectivity index (χ4v) is 3.48. The maximum atomic E-state index is 12.8. The molecule has 10 heteroatoms. The van der Waals surface area contributed by atoms with Crippen LogP contribution in [0.15, 0.2) is 69.9 Å². The van der Waals surface area contributed by atoms with Crippen LogP contribution in [-0.4, -0.2) is 14.3 Å². The van der Waals surface area contributed by atoms with Gasteiger partial charge in [-0.1, -0.05) is 50.2 Å². The maximum Gasteiger partial charge on any atom is 0.291 e. The summed E-state index contributed by atoms with van der Waals surface area (Å²) in [5, 5.41) is 6.04. The second kappa shape index (κ2) is 8.95. The van der Waals surface area contributed by atoms with Crippen molar-refractivity contribution in [2.45, 2.75) is 31.1 Å². The molecule has 0 heterocycles. The summed E-state index contributed by atoms with van der Waals surface area (Å²) >= 11 is 0. The van der Waals surface area contributed by atoms with Gasteiger partial charge in [0.05, 0.1) is 15.9 Å². The monoisotopic (exact) mass is 417 g/mol. The van der Waals surface area contributed by atoms with Crippen molar-refractivity contribution in [3.8, 4) is 0 Å². The Kier molecular flexibility index (Phi) is 6.85. The number of nitrogens with zero attached hydrogens (tertiary/aromatic N) is 3. The van der Waals surface area contributed by atoms with E-state index in [4.69, 9.17) is 5.84 Å². The molecule has 154 valence electrons. The van der Waals surface area contributed by atoms with E-state index in [0.717, 1.165) is 11.6 Å². The van der Waals surface area contributed by atoms with Gasteiger partial charge in [-0.05, 0) is 46.9 Å². The van der Waals surface area contributed by atoms with E-state index in [2.05, 4.69) is 21.2 Å². The molecule has 2 rings (SSSR count). The first-order valence-electron chi connectivity index (χ1n) is 8.55. The average Bonchev–Trinajstić information content (AvgIpc) is 2.70. The fourth-order valence-electron chi connectivity index (χ4n) is 2.38. The van der Waals surface area contributed by atoms with Crippen LogP contribution in [0.4, 0.5) is 5.69 Å². The van der Waals surface area contributed by atoms with Crippen molar-refractivity contribution in [2.24, 2.45) is 22.1 Å². The van der Waals surface area contributed by atoms with Gasteiger partial charge in [0.2, 0.25) is 0 Å². The molecule has 0 atom stereocenters. The van der Waals surface area contributed by atoms with Gasteiger partial charge in [0, 0.05) is 6.08 Å². The smallest absolute Gasteiger partial charge is 0.282 e. The number of rotatable bonds is 6. The van der Waals surface area contributed by atoms with Crippen molar-refractivity contribution in [3.05, 3.63) is 65.7 Å². The van der Waals surface area contributed by atoms with Crippen LogP contribution in [0.2, 0.25) is 0 Å². The molecule has 0 aliphatic rings. The third-order valence-corrected chi connectivity index (χ3v) is 5.63. The van der Waals surface area contributed by atoms with Crippen LogP contribution in [0.1, 0.15) is 31.9 Å². The maximum absolute atomic E-state index is 12.8. The second-order valence-corrected chi connectivity index (χ2v) is 8.94. The molecule has 0 spiro atoms. The lowest BCUT2D eigenvalue weighted by Crippen LogP contribution is -2.37.